The molecule has 0 saturated carbocycles. The van der Waals surface area contributed by atoms with E-state index in [9.17, 15) is 9.59 Å². The minimum atomic E-state index is -1.89. The standard InChI is InChI=1S/C20H28INO4Si/c1-19(2,3)27(5,6)26-15-14-22-17(16-23)20(25-4,18(22)24)12-10-8-7-9-11-13-21/h7,9,16-17H,12,14-15H2,1-6H3/b9-7-/t17-,20+/m0/s1. The van der Waals surface area contributed by atoms with Gasteiger partial charge in [-0.25, -0.2) is 0 Å². The highest BCUT2D eigenvalue weighted by molar-refractivity contribution is 14.1. The van der Waals surface area contributed by atoms with Crippen molar-refractivity contribution in [2.75, 3.05) is 20.3 Å². The van der Waals surface area contributed by atoms with Gasteiger partial charge in [0.15, 0.2) is 13.9 Å². The third kappa shape index (κ3) is 5.45. The fraction of sp³-hybridized carbons (Fsp3) is 0.600. The maximum absolute atomic E-state index is 12.7. The summed E-state index contributed by atoms with van der Waals surface area (Å²) >= 11 is 1.94. The molecule has 0 aliphatic carbocycles. The lowest BCUT2D eigenvalue weighted by atomic mass is 9.80. The average Bonchev–Trinajstić information content (AvgIpc) is 2.60. The first-order valence-electron chi connectivity index (χ1n) is 8.77. The van der Waals surface area contributed by atoms with E-state index in [0.717, 1.165) is 6.29 Å². The van der Waals surface area contributed by atoms with E-state index >= 15 is 0 Å². The lowest BCUT2D eigenvalue weighted by molar-refractivity contribution is -0.196. The number of rotatable bonds is 7. The Morgan fingerprint density at radius 3 is 2.44 bits per heavy atom. The smallest absolute Gasteiger partial charge is 0.259 e. The Bertz CT molecular complexity index is 705. The van der Waals surface area contributed by atoms with Crippen molar-refractivity contribution in [3.8, 4) is 21.7 Å². The van der Waals surface area contributed by atoms with Gasteiger partial charge in [0, 0.05) is 36.2 Å². The molecule has 0 unspecified atom stereocenters. The zero-order valence-corrected chi connectivity index (χ0v) is 20.0. The van der Waals surface area contributed by atoms with Crippen molar-refractivity contribution in [2.24, 2.45) is 0 Å². The minimum absolute atomic E-state index is 0.0943. The number of β-lactam (4-membered cyclic amide) rings is 1. The molecule has 7 heteroatoms. The topological polar surface area (TPSA) is 55.8 Å². The Balaban J connectivity index is 2.74. The number of halogens is 1. The summed E-state index contributed by atoms with van der Waals surface area (Å²) in [6.45, 7) is 11.6. The Kier molecular flexibility index (Phi) is 8.75. The number of likely N-dealkylation sites (tertiary alicyclic amines) is 1. The monoisotopic (exact) mass is 501 g/mol. The lowest BCUT2D eigenvalue weighted by Crippen LogP contribution is -2.75. The molecule has 1 aliphatic rings. The summed E-state index contributed by atoms with van der Waals surface area (Å²) in [6.07, 6.45) is 4.16. The van der Waals surface area contributed by atoms with E-state index in [0.29, 0.717) is 13.2 Å². The van der Waals surface area contributed by atoms with Gasteiger partial charge in [0.2, 0.25) is 0 Å². The number of carbonyl (C=O) groups excluding carboxylic acids is 2. The molecule has 0 spiro atoms. The minimum Gasteiger partial charge on any atom is -0.415 e. The normalized spacial score (nSPS) is 22.6. The van der Waals surface area contributed by atoms with Gasteiger partial charge in [-0.15, -0.1) is 0 Å². The van der Waals surface area contributed by atoms with Crippen LogP contribution in [0.5, 0.6) is 0 Å². The molecular weight excluding hydrogens is 473 g/mol. The second-order valence-electron chi connectivity index (χ2n) is 7.85. The van der Waals surface area contributed by atoms with Gasteiger partial charge in [-0.05, 0) is 34.2 Å². The molecule has 1 heterocycles. The quantitative estimate of drug-likeness (QED) is 0.177. The summed E-state index contributed by atoms with van der Waals surface area (Å²) in [5.74, 6) is 8.24. The van der Waals surface area contributed by atoms with Gasteiger partial charge < -0.3 is 18.9 Å². The van der Waals surface area contributed by atoms with E-state index < -0.39 is 20.0 Å². The van der Waals surface area contributed by atoms with E-state index in [4.69, 9.17) is 9.16 Å². The van der Waals surface area contributed by atoms with Gasteiger partial charge in [-0.3, -0.25) is 4.79 Å². The summed E-state index contributed by atoms with van der Waals surface area (Å²) in [5, 5.41) is 0.0943. The molecule has 0 N–H and O–H groups in total. The number of carbonyl (C=O) groups is 2. The molecule has 1 saturated heterocycles. The highest BCUT2D eigenvalue weighted by Crippen LogP contribution is 2.38. The number of ether oxygens (including phenoxy) is 1. The van der Waals surface area contributed by atoms with Crippen LogP contribution in [-0.4, -0.2) is 57.3 Å². The third-order valence-electron chi connectivity index (χ3n) is 5.29. The lowest BCUT2D eigenvalue weighted by Gasteiger charge is -2.52. The summed E-state index contributed by atoms with van der Waals surface area (Å²) in [5.41, 5.74) is -1.20. The third-order valence-corrected chi connectivity index (χ3v) is 10.1. The molecule has 27 heavy (non-hydrogen) atoms. The van der Waals surface area contributed by atoms with Crippen molar-refractivity contribution >= 4 is 43.1 Å². The van der Waals surface area contributed by atoms with E-state index in [1.807, 2.05) is 22.6 Å². The molecular formula is C20H28INO4Si. The van der Waals surface area contributed by atoms with E-state index in [1.54, 1.807) is 12.2 Å². The fourth-order valence-electron chi connectivity index (χ4n) is 2.54. The van der Waals surface area contributed by atoms with Gasteiger partial charge in [-0.1, -0.05) is 38.5 Å². The van der Waals surface area contributed by atoms with Crippen molar-refractivity contribution in [2.45, 2.75) is 57.0 Å². The predicted octanol–water partition coefficient (Wildman–Crippen LogP) is 3.15. The Morgan fingerprint density at radius 1 is 1.30 bits per heavy atom. The molecule has 0 aromatic rings. The Labute approximate surface area is 177 Å². The molecule has 5 nitrogen and oxygen atoms in total. The van der Waals surface area contributed by atoms with Crippen LogP contribution in [0.2, 0.25) is 18.1 Å². The van der Waals surface area contributed by atoms with Gasteiger partial charge >= 0.3 is 0 Å². The van der Waals surface area contributed by atoms with Crippen LogP contribution in [0.3, 0.4) is 0 Å². The highest BCUT2D eigenvalue weighted by Gasteiger charge is 2.61. The van der Waals surface area contributed by atoms with Crippen molar-refractivity contribution in [1.82, 2.24) is 4.90 Å². The molecule has 0 radical (unpaired) electrons. The van der Waals surface area contributed by atoms with E-state index in [-0.39, 0.29) is 17.4 Å². The average molecular weight is 501 g/mol. The number of nitrogens with zero attached hydrogens (tertiary/aromatic N) is 1. The molecule has 1 rings (SSSR count). The highest BCUT2D eigenvalue weighted by atomic mass is 127. The summed E-state index contributed by atoms with van der Waals surface area (Å²) < 4.78 is 14.3. The largest absolute Gasteiger partial charge is 0.415 e. The number of hydrogen-bond donors (Lipinski definition) is 0. The Morgan fingerprint density at radius 2 is 1.93 bits per heavy atom. The van der Waals surface area contributed by atoms with Crippen molar-refractivity contribution < 1.29 is 18.8 Å². The van der Waals surface area contributed by atoms with Crippen LogP contribution >= 0.6 is 22.6 Å². The first kappa shape index (κ1) is 23.9. The van der Waals surface area contributed by atoms with Crippen LogP contribution in [0, 0.1) is 21.7 Å². The van der Waals surface area contributed by atoms with Gasteiger partial charge in [0.25, 0.3) is 5.91 Å². The summed E-state index contributed by atoms with van der Waals surface area (Å²) in [4.78, 5) is 25.8. The van der Waals surface area contributed by atoms with Crippen LogP contribution in [0.15, 0.2) is 12.2 Å². The summed E-state index contributed by atoms with van der Waals surface area (Å²) in [7, 11) is -0.453. The first-order valence-corrected chi connectivity index (χ1v) is 12.8. The maximum atomic E-state index is 12.7. The zero-order valence-electron chi connectivity index (χ0n) is 16.9. The van der Waals surface area contributed by atoms with Crippen LogP contribution in [0.4, 0.5) is 0 Å². The molecule has 0 bridgehead atoms. The SMILES string of the molecule is CO[C@@]1(CC#C/C=C\C#CI)C(=O)N(CCO[Si](C)(C)C(C)(C)C)[C@H]1C=O. The number of methoxy groups -OCH3 is 1. The second kappa shape index (κ2) is 9.88. The summed E-state index contributed by atoms with van der Waals surface area (Å²) in [6, 6.07) is -0.648. The molecule has 1 amide bonds. The Hall–Kier alpha value is -1.13. The number of allylic oxidation sites excluding steroid dienone is 2. The molecule has 148 valence electrons. The molecule has 1 aliphatic heterocycles. The van der Waals surface area contributed by atoms with Gasteiger partial charge in [-0.2, -0.15) is 0 Å². The van der Waals surface area contributed by atoms with E-state index in [2.05, 4.69) is 55.6 Å². The number of hydrogen-bond acceptors (Lipinski definition) is 4. The van der Waals surface area contributed by atoms with Crippen LogP contribution in [0.25, 0.3) is 0 Å². The van der Waals surface area contributed by atoms with Gasteiger partial charge in [0.1, 0.15) is 12.3 Å². The van der Waals surface area contributed by atoms with Crippen LogP contribution < -0.4 is 0 Å². The molecule has 2 atom stereocenters. The maximum Gasteiger partial charge on any atom is 0.259 e. The fourth-order valence-corrected chi connectivity index (χ4v) is 3.75. The first-order chi connectivity index (χ1) is 12.6. The zero-order chi connectivity index (χ0) is 20.7. The predicted molar refractivity (Wildman–Crippen MR) is 118 cm³/mol. The number of amides is 1. The van der Waals surface area contributed by atoms with Crippen molar-refractivity contribution in [1.29, 1.82) is 0 Å². The molecule has 0 aromatic carbocycles. The van der Waals surface area contributed by atoms with E-state index in [1.165, 1.54) is 12.0 Å². The number of aldehydes is 1. The molecule has 0 aromatic heterocycles. The van der Waals surface area contributed by atoms with Crippen molar-refractivity contribution in [3.63, 3.8) is 0 Å². The van der Waals surface area contributed by atoms with Crippen molar-refractivity contribution in [3.05, 3.63) is 12.2 Å². The van der Waals surface area contributed by atoms with Crippen LogP contribution in [0.1, 0.15) is 27.2 Å². The second-order valence-corrected chi connectivity index (χ2v) is 13.2. The molecule has 1 fully saturated rings. The van der Waals surface area contributed by atoms with Gasteiger partial charge in [0.05, 0.1) is 13.0 Å². The van der Waals surface area contributed by atoms with Crippen LogP contribution in [-0.2, 0) is 18.8 Å².